The standard InChI is InChI=1S/C22H26N2OS/c1-3-4-9-21-22-19(18-7-5-6-8-20(18)23-22)14-15-24(21)26(25)17-12-10-16(2)11-13-17/h5-8,10-13,21,23H,3-4,9,14-15H2,1-2H3/t21-,26?/m0/s1. The van der Waals surface area contributed by atoms with Gasteiger partial charge in [0.05, 0.1) is 10.9 Å². The van der Waals surface area contributed by atoms with Gasteiger partial charge in [0.2, 0.25) is 0 Å². The molecule has 1 N–H and O–H groups in total. The van der Waals surface area contributed by atoms with Crippen LogP contribution in [0.15, 0.2) is 53.4 Å². The summed E-state index contributed by atoms with van der Waals surface area (Å²) in [6.45, 7) is 5.12. The lowest BCUT2D eigenvalue weighted by molar-refractivity contribution is 0.299. The first-order valence-electron chi connectivity index (χ1n) is 9.53. The molecule has 3 nitrogen and oxygen atoms in total. The van der Waals surface area contributed by atoms with Crippen molar-refractivity contribution >= 4 is 21.9 Å². The average Bonchev–Trinajstić information content (AvgIpc) is 3.05. The number of aromatic nitrogens is 1. The van der Waals surface area contributed by atoms with E-state index in [4.69, 9.17) is 0 Å². The molecule has 26 heavy (non-hydrogen) atoms. The van der Waals surface area contributed by atoms with Crippen LogP contribution in [-0.4, -0.2) is 20.0 Å². The highest BCUT2D eigenvalue weighted by Crippen LogP contribution is 2.38. The number of H-pyrrole nitrogens is 1. The summed E-state index contributed by atoms with van der Waals surface area (Å²) >= 11 is 0. The zero-order chi connectivity index (χ0) is 18.1. The van der Waals surface area contributed by atoms with Crippen LogP contribution in [0.2, 0.25) is 0 Å². The zero-order valence-corrected chi connectivity index (χ0v) is 16.3. The van der Waals surface area contributed by atoms with Gasteiger partial charge in [-0.05, 0) is 43.5 Å². The maximum absolute atomic E-state index is 13.3. The topological polar surface area (TPSA) is 36.1 Å². The summed E-state index contributed by atoms with van der Waals surface area (Å²) in [6, 6.07) is 16.8. The van der Waals surface area contributed by atoms with Gasteiger partial charge in [-0.25, -0.2) is 8.51 Å². The third-order valence-electron chi connectivity index (χ3n) is 5.38. The number of aromatic amines is 1. The van der Waals surface area contributed by atoms with Crippen LogP contribution in [0.4, 0.5) is 0 Å². The van der Waals surface area contributed by atoms with Crippen molar-refractivity contribution in [3.8, 4) is 0 Å². The van der Waals surface area contributed by atoms with E-state index in [0.717, 1.165) is 37.1 Å². The van der Waals surface area contributed by atoms with Crippen molar-refractivity contribution in [1.82, 2.24) is 9.29 Å². The maximum atomic E-state index is 13.3. The highest BCUT2D eigenvalue weighted by molar-refractivity contribution is 7.82. The van der Waals surface area contributed by atoms with E-state index in [-0.39, 0.29) is 6.04 Å². The van der Waals surface area contributed by atoms with Gasteiger partial charge in [0.15, 0.2) is 0 Å². The summed E-state index contributed by atoms with van der Waals surface area (Å²) in [5.41, 5.74) is 5.08. The summed E-state index contributed by atoms with van der Waals surface area (Å²) in [5.74, 6) is 0. The molecule has 0 saturated carbocycles. The van der Waals surface area contributed by atoms with E-state index >= 15 is 0 Å². The Balaban J connectivity index is 1.73. The maximum Gasteiger partial charge on any atom is 0.128 e. The van der Waals surface area contributed by atoms with Crippen LogP contribution in [0, 0.1) is 6.92 Å². The Bertz CT molecular complexity index is 929. The molecule has 136 valence electrons. The second-order valence-corrected chi connectivity index (χ2v) is 8.61. The van der Waals surface area contributed by atoms with Gasteiger partial charge >= 0.3 is 0 Å². The minimum absolute atomic E-state index is 0.188. The number of hydrogen-bond donors (Lipinski definition) is 1. The van der Waals surface area contributed by atoms with E-state index in [0.29, 0.717) is 0 Å². The van der Waals surface area contributed by atoms with Gasteiger partial charge in [-0.2, -0.15) is 0 Å². The SMILES string of the molecule is CCCC[C@H]1c2[nH]c3ccccc3c2CCN1S(=O)c1ccc(C)cc1. The van der Waals surface area contributed by atoms with Crippen molar-refractivity contribution < 1.29 is 4.21 Å². The first-order valence-corrected chi connectivity index (χ1v) is 10.6. The van der Waals surface area contributed by atoms with Gasteiger partial charge in [0.25, 0.3) is 0 Å². The fourth-order valence-electron chi connectivity index (χ4n) is 3.97. The van der Waals surface area contributed by atoms with Crippen LogP contribution in [0.3, 0.4) is 0 Å². The van der Waals surface area contributed by atoms with E-state index in [1.54, 1.807) is 0 Å². The summed E-state index contributed by atoms with van der Waals surface area (Å²) < 4.78 is 15.5. The first-order chi connectivity index (χ1) is 12.7. The Morgan fingerprint density at radius 3 is 2.69 bits per heavy atom. The summed E-state index contributed by atoms with van der Waals surface area (Å²) in [7, 11) is -1.13. The average molecular weight is 367 g/mol. The van der Waals surface area contributed by atoms with Crippen LogP contribution in [-0.2, 0) is 17.4 Å². The number of benzene rings is 2. The van der Waals surface area contributed by atoms with Crippen LogP contribution in [0.25, 0.3) is 10.9 Å². The molecule has 2 aromatic carbocycles. The largest absolute Gasteiger partial charge is 0.357 e. The molecule has 0 radical (unpaired) electrons. The molecular weight excluding hydrogens is 340 g/mol. The number of para-hydroxylation sites is 1. The molecule has 2 heterocycles. The van der Waals surface area contributed by atoms with Crippen molar-refractivity contribution in [3.63, 3.8) is 0 Å². The molecule has 1 aliphatic heterocycles. The molecule has 0 bridgehead atoms. The number of aryl methyl sites for hydroxylation is 1. The molecule has 3 aromatic rings. The Morgan fingerprint density at radius 1 is 1.15 bits per heavy atom. The molecule has 0 aliphatic carbocycles. The number of fused-ring (bicyclic) bond motifs is 3. The molecule has 1 aliphatic rings. The van der Waals surface area contributed by atoms with Gasteiger partial charge in [-0.1, -0.05) is 55.7 Å². The van der Waals surface area contributed by atoms with Gasteiger partial charge in [-0.3, -0.25) is 0 Å². The first kappa shape index (κ1) is 17.5. The molecule has 1 aromatic heterocycles. The minimum atomic E-state index is -1.13. The molecular formula is C22H26N2OS. The normalized spacial score (nSPS) is 18.8. The predicted molar refractivity (Wildman–Crippen MR) is 109 cm³/mol. The van der Waals surface area contributed by atoms with E-state index in [1.165, 1.54) is 27.7 Å². The van der Waals surface area contributed by atoms with Gasteiger partial charge in [0, 0.05) is 23.1 Å². The van der Waals surface area contributed by atoms with Crippen LogP contribution in [0.1, 0.15) is 49.0 Å². The molecule has 4 heteroatoms. The van der Waals surface area contributed by atoms with Crippen LogP contribution in [0.5, 0.6) is 0 Å². The van der Waals surface area contributed by atoms with Gasteiger partial charge in [0.1, 0.15) is 11.0 Å². The Labute approximate surface area is 158 Å². The Hall–Kier alpha value is -1.91. The predicted octanol–water partition coefficient (Wildman–Crippen LogP) is 5.29. The number of rotatable bonds is 5. The third kappa shape index (κ3) is 3.12. The summed E-state index contributed by atoms with van der Waals surface area (Å²) in [5, 5.41) is 1.32. The summed E-state index contributed by atoms with van der Waals surface area (Å²) in [4.78, 5) is 4.54. The highest BCUT2D eigenvalue weighted by atomic mass is 32.2. The van der Waals surface area contributed by atoms with Crippen molar-refractivity contribution in [2.75, 3.05) is 6.54 Å². The fraction of sp³-hybridized carbons (Fsp3) is 0.364. The zero-order valence-electron chi connectivity index (χ0n) is 15.5. The molecule has 0 fully saturated rings. The van der Waals surface area contributed by atoms with Crippen molar-refractivity contribution in [2.45, 2.75) is 50.5 Å². The number of hydrogen-bond acceptors (Lipinski definition) is 1. The molecule has 0 spiro atoms. The second-order valence-electron chi connectivity index (χ2n) is 7.17. The van der Waals surface area contributed by atoms with Crippen LogP contribution < -0.4 is 0 Å². The Kier molecular flexibility index (Phi) is 4.96. The number of nitrogens with zero attached hydrogens (tertiary/aromatic N) is 1. The molecule has 0 amide bonds. The molecule has 2 atom stereocenters. The Morgan fingerprint density at radius 2 is 1.92 bits per heavy atom. The third-order valence-corrected chi connectivity index (χ3v) is 6.91. The molecule has 1 unspecified atom stereocenters. The van der Waals surface area contributed by atoms with Gasteiger partial charge < -0.3 is 4.98 Å². The lowest BCUT2D eigenvalue weighted by Gasteiger charge is -2.34. The lowest BCUT2D eigenvalue weighted by atomic mass is 9.96. The van der Waals surface area contributed by atoms with Crippen LogP contribution >= 0.6 is 0 Å². The smallest absolute Gasteiger partial charge is 0.128 e. The quantitative estimate of drug-likeness (QED) is 0.654. The monoisotopic (exact) mass is 366 g/mol. The van der Waals surface area contributed by atoms with E-state index in [2.05, 4.69) is 47.4 Å². The van der Waals surface area contributed by atoms with Gasteiger partial charge in [-0.15, -0.1) is 0 Å². The molecule has 0 saturated heterocycles. The molecule has 4 rings (SSSR count). The second kappa shape index (κ2) is 7.37. The van der Waals surface area contributed by atoms with Crippen molar-refractivity contribution in [1.29, 1.82) is 0 Å². The number of unbranched alkanes of at least 4 members (excludes halogenated alkanes) is 1. The van der Waals surface area contributed by atoms with E-state index in [1.807, 2.05) is 24.3 Å². The van der Waals surface area contributed by atoms with E-state index in [9.17, 15) is 4.21 Å². The fourth-order valence-corrected chi connectivity index (χ4v) is 5.31. The number of nitrogens with one attached hydrogen (secondary N) is 1. The summed E-state index contributed by atoms with van der Waals surface area (Å²) in [6.07, 6.45) is 4.27. The lowest BCUT2D eigenvalue weighted by Crippen LogP contribution is -2.36. The van der Waals surface area contributed by atoms with Crippen molar-refractivity contribution in [2.24, 2.45) is 0 Å². The van der Waals surface area contributed by atoms with E-state index < -0.39 is 11.0 Å². The highest BCUT2D eigenvalue weighted by Gasteiger charge is 2.33. The van der Waals surface area contributed by atoms with Crippen molar-refractivity contribution in [3.05, 3.63) is 65.4 Å². The minimum Gasteiger partial charge on any atom is -0.357 e.